The van der Waals surface area contributed by atoms with Gasteiger partial charge in [-0.3, -0.25) is 0 Å². The Morgan fingerprint density at radius 2 is 1.84 bits per heavy atom. The van der Waals surface area contributed by atoms with Crippen LogP contribution in [0, 0.1) is 11.2 Å². The normalized spacial score (nSPS) is 12.8. The molecule has 1 aromatic rings. The van der Waals surface area contributed by atoms with Gasteiger partial charge in [0.05, 0.1) is 5.56 Å². The number of nitrogens with one attached hydrogen (secondary N) is 1. The van der Waals surface area contributed by atoms with Gasteiger partial charge in [-0.2, -0.15) is 13.2 Å². The second kappa shape index (κ2) is 5.88. The van der Waals surface area contributed by atoms with Crippen molar-refractivity contribution >= 4 is 0 Å². The predicted molar refractivity (Wildman–Crippen MR) is 64.0 cm³/mol. The third-order valence-corrected chi connectivity index (χ3v) is 2.72. The molecule has 0 amide bonds. The van der Waals surface area contributed by atoms with Crippen molar-refractivity contribution in [3.63, 3.8) is 0 Å². The second-order valence-corrected chi connectivity index (χ2v) is 5.23. The third-order valence-electron chi connectivity index (χ3n) is 2.72. The number of aliphatic hydroxyl groups is 1. The first-order valence-corrected chi connectivity index (χ1v) is 5.83. The molecule has 0 atom stereocenters. The van der Waals surface area contributed by atoms with E-state index in [1.165, 1.54) is 0 Å². The summed E-state index contributed by atoms with van der Waals surface area (Å²) in [6, 6.07) is 2.62. The van der Waals surface area contributed by atoms with E-state index in [2.05, 4.69) is 5.32 Å². The summed E-state index contributed by atoms with van der Waals surface area (Å²) in [5.74, 6) is -0.910. The van der Waals surface area contributed by atoms with Crippen molar-refractivity contribution in [2.75, 3.05) is 13.2 Å². The van der Waals surface area contributed by atoms with Gasteiger partial charge >= 0.3 is 6.18 Å². The molecule has 0 saturated carbocycles. The van der Waals surface area contributed by atoms with Crippen molar-refractivity contribution in [1.29, 1.82) is 0 Å². The Morgan fingerprint density at radius 3 is 2.37 bits per heavy atom. The molecule has 0 fully saturated rings. The van der Waals surface area contributed by atoms with Crippen molar-refractivity contribution in [2.45, 2.75) is 26.6 Å². The Bertz CT molecular complexity index is 429. The SMILES string of the molecule is CC(C)(CO)CNCc1ccc(F)cc1C(F)(F)F. The van der Waals surface area contributed by atoms with Gasteiger partial charge in [0.25, 0.3) is 0 Å². The molecule has 0 aliphatic heterocycles. The number of hydrogen-bond acceptors (Lipinski definition) is 2. The number of alkyl halides is 3. The molecule has 0 saturated heterocycles. The molecule has 6 heteroatoms. The highest BCUT2D eigenvalue weighted by molar-refractivity contribution is 5.30. The fourth-order valence-electron chi connectivity index (χ4n) is 1.56. The van der Waals surface area contributed by atoms with E-state index in [1.54, 1.807) is 13.8 Å². The molecule has 0 aromatic heterocycles. The van der Waals surface area contributed by atoms with Gasteiger partial charge in [0.15, 0.2) is 0 Å². The lowest BCUT2D eigenvalue weighted by Gasteiger charge is -2.22. The fraction of sp³-hybridized carbons (Fsp3) is 0.538. The van der Waals surface area contributed by atoms with Crippen LogP contribution < -0.4 is 5.32 Å². The Morgan fingerprint density at radius 1 is 1.21 bits per heavy atom. The molecular weight excluding hydrogens is 262 g/mol. The minimum Gasteiger partial charge on any atom is -0.396 e. The van der Waals surface area contributed by atoms with Crippen LogP contribution in [0.3, 0.4) is 0 Å². The predicted octanol–water partition coefficient (Wildman–Crippen LogP) is 2.95. The molecule has 0 aliphatic rings. The van der Waals surface area contributed by atoms with E-state index in [9.17, 15) is 17.6 Å². The highest BCUT2D eigenvalue weighted by atomic mass is 19.4. The van der Waals surface area contributed by atoms with Crippen LogP contribution in [0.5, 0.6) is 0 Å². The fourth-order valence-corrected chi connectivity index (χ4v) is 1.56. The molecule has 1 rings (SSSR count). The summed E-state index contributed by atoms with van der Waals surface area (Å²) in [4.78, 5) is 0. The van der Waals surface area contributed by atoms with E-state index >= 15 is 0 Å². The Hall–Kier alpha value is -1.14. The van der Waals surface area contributed by atoms with Crippen LogP contribution in [0.15, 0.2) is 18.2 Å². The van der Waals surface area contributed by atoms with Crippen LogP contribution in [-0.2, 0) is 12.7 Å². The molecule has 0 bridgehead atoms. The van der Waals surface area contributed by atoms with Crippen LogP contribution in [-0.4, -0.2) is 18.3 Å². The quantitative estimate of drug-likeness (QED) is 0.812. The minimum atomic E-state index is -4.58. The smallest absolute Gasteiger partial charge is 0.396 e. The molecule has 0 heterocycles. The number of aliphatic hydroxyl groups excluding tert-OH is 1. The number of rotatable bonds is 5. The topological polar surface area (TPSA) is 32.3 Å². The molecule has 0 aliphatic carbocycles. The molecule has 2 N–H and O–H groups in total. The summed E-state index contributed by atoms with van der Waals surface area (Å²) in [5.41, 5.74) is -1.40. The first-order valence-electron chi connectivity index (χ1n) is 5.83. The minimum absolute atomic E-state index is 0.0114. The lowest BCUT2D eigenvalue weighted by molar-refractivity contribution is -0.138. The van der Waals surface area contributed by atoms with Crippen molar-refractivity contribution in [1.82, 2.24) is 5.32 Å². The van der Waals surface area contributed by atoms with E-state index in [4.69, 9.17) is 5.11 Å². The van der Waals surface area contributed by atoms with Gasteiger partial charge in [-0.15, -0.1) is 0 Å². The summed E-state index contributed by atoms with van der Waals surface area (Å²) in [6.07, 6.45) is -4.58. The average molecular weight is 279 g/mol. The standard InChI is InChI=1S/C13H17F4NO/c1-12(2,8-19)7-18-6-9-3-4-10(14)5-11(9)13(15,16)17/h3-5,18-19H,6-8H2,1-2H3. The molecule has 0 spiro atoms. The van der Waals surface area contributed by atoms with E-state index in [-0.39, 0.29) is 18.7 Å². The lowest BCUT2D eigenvalue weighted by atomic mass is 9.95. The maximum atomic E-state index is 12.9. The lowest BCUT2D eigenvalue weighted by Crippen LogP contribution is -2.32. The second-order valence-electron chi connectivity index (χ2n) is 5.23. The zero-order valence-electron chi connectivity index (χ0n) is 10.8. The molecule has 108 valence electrons. The largest absolute Gasteiger partial charge is 0.416 e. The highest BCUT2D eigenvalue weighted by Gasteiger charge is 2.33. The van der Waals surface area contributed by atoms with Crippen LogP contribution in [0.2, 0.25) is 0 Å². The molecule has 0 radical (unpaired) electrons. The summed E-state index contributed by atoms with van der Waals surface area (Å²) in [6.45, 7) is 3.83. The van der Waals surface area contributed by atoms with Crippen LogP contribution in [0.1, 0.15) is 25.0 Å². The Balaban J connectivity index is 2.79. The summed E-state index contributed by atoms with van der Waals surface area (Å²) >= 11 is 0. The van der Waals surface area contributed by atoms with Gasteiger partial charge in [-0.25, -0.2) is 4.39 Å². The zero-order chi connectivity index (χ0) is 14.7. The monoisotopic (exact) mass is 279 g/mol. The van der Waals surface area contributed by atoms with Crippen LogP contribution in [0.25, 0.3) is 0 Å². The molecule has 1 aromatic carbocycles. The zero-order valence-corrected chi connectivity index (χ0v) is 10.8. The molecule has 2 nitrogen and oxygen atoms in total. The van der Waals surface area contributed by atoms with Crippen molar-refractivity contribution in [3.05, 3.63) is 35.1 Å². The maximum Gasteiger partial charge on any atom is 0.416 e. The van der Waals surface area contributed by atoms with Gasteiger partial charge in [0.2, 0.25) is 0 Å². The number of halogens is 4. The van der Waals surface area contributed by atoms with Crippen molar-refractivity contribution < 1.29 is 22.7 Å². The third kappa shape index (κ3) is 4.80. The summed E-state index contributed by atoms with van der Waals surface area (Å²) in [5, 5.41) is 11.9. The van der Waals surface area contributed by atoms with E-state index in [1.807, 2.05) is 0 Å². The molecule has 19 heavy (non-hydrogen) atoms. The van der Waals surface area contributed by atoms with Gasteiger partial charge in [-0.05, 0) is 17.7 Å². The first kappa shape index (κ1) is 15.9. The maximum absolute atomic E-state index is 12.9. The summed E-state index contributed by atoms with van der Waals surface area (Å²) < 4.78 is 51.1. The number of benzene rings is 1. The Labute approximate surface area is 109 Å². The van der Waals surface area contributed by atoms with E-state index < -0.39 is 23.0 Å². The van der Waals surface area contributed by atoms with E-state index in [0.717, 1.165) is 12.1 Å². The van der Waals surface area contributed by atoms with Crippen LogP contribution >= 0.6 is 0 Å². The van der Waals surface area contributed by atoms with Crippen LogP contribution in [0.4, 0.5) is 17.6 Å². The average Bonchev–Trinajstić information content (AvgIpc) is 2.29. The first-order chi connectivity index (χ1) is 8.65. The van der Waals surface area contributed by atoms with E-state index in [0.29, 0.717) is 12.6 Å². The molecule has 0 unspecified atom stereocenters. The number of hydrogen-bond donors (Lipinski definition) is 2. The molecular formula is C13H17F4NO. The summed E-state index contributed by atoms with van der Waals surface area (Å²) in [7, 11) is 0. The highest BCUT2D eigenvalue weighted by Crippen LogP contribution is 2.32. The van der Waals surface area contributed by atoms with Gasteiger partial charge in [-0.1, -0.05) is 19.9 Å². The Kier molecular flexibility index (Phi) is 4.92. The van der Waals surface area contributed by atoms with Crippen molar-refractivity contribution in [2.24, 2.45) is 5.41 Å². The van der Waals surface area contributed by atoms with Gasteiger partial charge in [0.1, 0.15) is 5.82 Å². The van der Waals surface area contributed by atoms with Gasteiger partial charge in [0, 0.05) is 25.1 Å². The van der Waals surface area contributed by atoms with Gasteiger partial charge < -0.3 is 10.4 Å². The van der Waals surface area contributed by atoms with Crippen molar-refractivity contribution in [3.8, 4) is 0 Å².